The van der Waals surface area contributed by atoms with Gasteiger partial charge in [-0.15, -0.1) is 11.3 Å². The molecule has 0 aliphatic carbocycles. The summed E-state index contributed by atoms with van der Waals surface area (Å²) in [5, 5.41) is 4.53. The second-order valence-corrected chi connectivity index (χ2v) is 13.3. The van der Waals surface area contributed by atoms with Gasteiger partial charge < -0.3 is 4.42 Å². The molecule has 0 amide bonds. The highest BCUT2D eigenvalue weighted by Gasteiger charge is 2.21. The molecule has 10 aromatic rings. The van der Waals surface area contributed by atoms with Gasteiger partial charge in [0.25, 0.3) is 0 Å². The Morgan fingerprint density at radius 1 is 0.440 bits per heavy atom. The minimum Gasteiger partial charge on any atom is -0.435 e. The van der Waals surface area contributed by atoms with Crippen LogP contribution in [0.2, 0.25) is 0 Å². The van der Waals surface area contributed by atoms with Crippen molar-refractivity contribution >= 4 is 53.4 Å². The Labute approximate surface area is 291 Å². The molecule has 6 heteroatoms. The van der Waals surface area contributed by atoms with Gasteiger partial charge in [0.2, 0.25) is 5.89 Å². The Bertz CT molecular complexity index is 2810. The normalized spacial score (nSPS) is 11.6. The highest BCUT2D eigenvalue weighted by Crippen LogP contribution is 2.46. The quantitative estimate of drug-likeness (QED) is 0.184. The summed E-state index contributed by atoms with van der Waals surface area (Å²) in [4.78, 5) is 19.9. The lowest BCUT2D eigenvalue weighted by molar-refractivity contribution is 0.621. The maximum absolute atomic E-state index is 6.65. The zero-order valence-electron chi connectivity index (χ0n) is 26.6. The summed E-state index contributed by atoms with van der Waals surface area (Å²) in [6, 6.07) is 54.0. The van der Waals surface area contributed by atoms with Crippen LogP contribution in [0.3, 0.4) is 0 Å². The smallest absolute Gasteiger partial charge is 0.227 e. The molecular weight excluding hydrogens is 633 g/mol. The van der Waals surface area contributed by atoms with E-state index >= 15 is 0 Å². The number of rotatable bonds is 5. The Hall–Kier alpha value is -6.50. The van der Waals surface area contributed by atoms with E-state index in [1.807, 2.05) is 91.0 Å². The van der Waals surface area contributed by atoms with Gasteiger partial charge in [-0.05, 0) is 46.7 Å². The molecule has 0 aliphatic rings. The van der Waals surface area contributed by atoms with Crippen molar-refractivity contribution < 1.29 is 4.42 Å². The fraction of sp³-hybridized carbons (Fsp3) is 0. The van der Waals surface area contributed by atoms with Gasteiger partial charge >= 0.3 is 0 Å². The van der Waals surface area contributed by atoms with Gasteiger partial charge in [0.05, 0.1) is 0 Å². The van der Waals surface area contributed by atoms with Crippen molar-refractivity contribution in [3.8, 4) is 56.7 Å². The lowest BCUT2D eigenvalue weighted by Gasteiger charge is -2.12. The number of fused-ring (bicyclic) bond motifs is 5. The molecule has 0 fully saturated rings. The van der Waals surface area contributed by atoms with Crippen LogP contribution in [0, 0.1) is 0 Å². The van der Waals surface area contributed by atoms with E-state index in [2.05, 4.69) is 66.7 Å². The van der Waals surface area contributed by atoms with Crippen molar-refractivity contribution in [3.63, 3.8) is 0 Å². The maximum Gasteiger partial charge on any atom is 0.227 e. The predicted octanol–water partition coefficient (Wildman–Crippen LogP) is 11.9. The van der Waals surface area contributed by atoms with Gasteiger partial charge in [-0.25, -0.2) is 19.9 Å². The molecule has 3 heterocycles. The van der Waals surface area contributed by atoms with Gasteiger partial charge in [-0.1, -0.05) is 127 Å². The number of hydrogen-bond acceptors (Lipinski definition) is 6. The lowest BCUT2D eigenvalue weighted by atomic mass is 9.94. The predicted molar refractivity (Wildman–Crippen MR) is 205 cm³/mol. The van der Waals surface area contributed by atoms with Crippen molar-refractivity contribution in [2.75, 3.05) is 0 Å². The van der Waals surface area contributed by atoms with Crippen LogP contribution >= 0.6 is 11.3 Å². The van der Waals surface area contributed by atoms with Gasteiger partial charge in [-0.3, -0.25) is 0 Å². The van der Waals surface area contributed by atoms with E-state index in [4.69, 9.17) is 24.4 Å². The molecule has 0 radical (unpaired) electrons. The molecule has 7 aromatic carbocycles. The Balaban J connectivity index is 1.19. The first kappa shape index (κ1) is 28.5. The summed E-state index contributed by atoms with van der Waals surface area (Å²) in [6.07, 6.45) is 0. The van der Waals surface area contributed by atoms with E-state index in [-0.39, 0.29) is 0 Å². The molecule has 0 unspecified atom stereocenters. The molecule has 3 aromatic heterocycles. The van der Waals surface area contributed by atoms with Crippen LogP contribution in [0.15, 0.2) is 162 Å². The highest BCUT2D eigenvalue weighted by atomic mass is 32.1. The minimum atomic E-state index is 0.616. The Morgan fingerprint density at radius 3 is 1.80 bits per heavy atom. The summed E-state index contributed by atoms with van der Waals surface area (Å²) < 4.78 is 9.07. The van der Waals surface area contributed by atoms with Crippen LogP contribution in [-0.4, -0.2) is 19.9 Å². The number of oxazole rings is 1. The van der Waals surface area contributed by atoms with E-state index in [0.29, 0.717) is 23.4 Å². The Kier molecular flexibility index (Phi) is 6.60. The molecule has 5 nitrogen and oxygen atoms in total. The third-order valence-electron chi connectivity index (χ3n) is 9.15. The van der Waals surface area contributed by atoms with Crippen LogP contribution < -0.4 is 0 Å². The number of aromatic nitrogens is 4. The third kappa shape index (κ3) is 4.77. The van der Waals surface area contributed by atoms with Gasteiger partial charge in [0.15, 0.2) is 23.1 Å². The summed E-state index contributed by atoms with van der Waals surface area (Å²) in [5.74, 6) is 2.53. The van der Waals surface area contributed by atoms with E-state index in [1.165, 1.54) is 20.2 Å². The molecule has 10 rings (SSSR count). The second-order valence-electron chi connectivity index (χ2n) is 12.2. The second kappa shape index (κ2) is 11.6. The first-order valence-electron chi connectivity index (χ1n) is 16.5. The number of nitrogens with zero attached hydrogens (tertiary/aromatic N) is 4. The minimum absolute atomic E-state index is 0.616. The van der Waals surface area contributed by atoms with Gasteiger partial charge in [-0.2, -0.15) is 0 Å². The third-order valence-corrected chi connectivity index (χ3v) is 10.3. The maximum atomic E-state index is 6.65. The highest BCUT2D eigenvalue weighted by molar-refractivity contribution is 7.26. The first-order chi connectivity index (χ1) is 24.8. The molecule has 0 saturated heterocycles. The van der Waals surface area contributed by atoms with Crippen LogP contribution in [-0.2, 0) is 0 Å². The average molecular weight is 659 g/mol. The fourth-order valence-corrected chi connectivity index (χ4v) is 7.96. The van der Waals surface area contributed by atoms with Gasteiger partial charge in [0.1, 0.15) is 5.52 Å². The summed E-state index contributed by atoms with van der Waals surface area (Å²) in [7, 11) is 0. The van der Waals surface area contributed by atoms with Gasteiger partial charge in [0, 0.05) is 48.0 Å². The zero-order valence-corrected chi connectivity index (χ0v) is 27.4. The van der Waals surface area contributed by atoms with Crippen molar-refractivity contribution in [1.29, 1.82) is 0 Å². The van der Waals surface area contributed by atoms with Crippen LogP contribution in [0.4, 0.5) is 0 Å². The molecule has 0 aliphatic heterocycles. The topological polar surface area (TPSA) is 64.7 Å². The van der Waals surface area contributed by atoms with Crippen molar-refractivity contribution in [1.82, 2.24) is 19.9 Å². The molecule has 0 saturated carbocycles. The molecule has 234 valence electrons. The van der Waals surface area contributed by atoms with Crippen LogP contribution in [0.5, 0.6) is 0 Å². The largest absolute Gasteiger partial charge is 0.435 e. The van der Waals surface area contributed by atoms with E-state index in [1.54, 1.807) is 11.3 Å². The van der Waals surface area contributed by atoms with Crippen molar-refractivity contribution in [2.24, 2.45) is 0 Å². The van der Waals surface area contributed by atoms with Crippen molar-refractivity contribution in [2.45, 2.75) is 0 Å². The molecule has 0 N–H and O–H groups in total. The van der Waals surface area contributed by atoms with Crippen LogP contribution in [0.25, 0.3) is 98.8 Å². The zero-order chi connectivity index (χ0) is 33.0. The molecule has 0 spiro atoms. The number of hydrogen-bond donors (Lipinski definition) is 0. The lowest BCUT2D eigenvalue weighted by Crippen LogP contribution is -2.00. The Morgan fingerprint density at radius 2 is 1.08 bits per heavy atom. The monoisotopic (exact) mass is 658 g/mol. The fourth-order valence-electron chi connectivity index (χ4n) is 6.81. The molecular formula is C44H26N4OS. The summed E-state index contributed by atoms with van der Waals surface area (Å²) >= 11 is 1.79. The van der Waals surface area contributed by atoms with Crippen LogP contribution in [0.1, 0.15) is 0 Å². The summed E-state index contributed by atoms with van der Waals surface area (Å²) in [6.45, 7) is 0. The first-order valence-corrected chi connectivity index (χ1v) is 17.3. The standard InChI is InChI=1S/C44H26N4OS/c1-4-13-27(14-5-1)41-46-42(28-15-6-2-7-16-28)48-43(47-41)33-21-12-19-30-25-31(23-24-32(30)33)38-39-34-20-10-11-22-36(34)50-37(39)26-35-40(38)49-44(45-35)29-17-8-3-9-18-29/h1-26H. The molecule has 0 bridgehead atoms. The average Bonchev–Trinajstić information content (AvgIpc) is 3.79. The molecule has 0 atom stereocenters. The number of thiophene rings is 1. The van der Waals surface area contributed by atoms with E-state index in [9.17, 15) is 0 Å². The summed E-state index contributed by atoms with van der Waals surface area (Å²) in [5.41, 5.74) is 7.53. The van der Waals surface area contributed by atoms with E-state index in [0.717, 1.165) is 55.3 Å². The molecule has 50 heavy (non-hydrogen) atoms. The SMILES string of the molecule is c1ccc(-c2nc(-c3ccccc3)nc(-c3cccc4cc(-c5c6oc(-c7ccccc7)nc6cc6sc7ccccc7c56)ccc34)n2)cc1. The number of benzene rings is 7. The van der Waals surface area contributed by atoms with Crippen molar-refractivity contribution in [3.05, 3.63) is 158 Å². The van der Waals surface area contributed by atoms with E-state index < -0.39 is 0 Å².